The number of quaternary nitrogens is 2. The van der Waals surface area contributed by atoms with Gasteiger partial charge in [0.05, 0.1) is 0 Å². The Kier molecular flexibility index (Phi) is 110. The Hall–Kier alpha value is -1.26. The topological polar surface area (TPSA) is 326 Å². The minimum absolute atomic E-state index is 0. The van der Waals surface area contributed by atoms with E-state index in [0.29, 0.717) is 0 Å². The van der Waals surface area contributed by atoms with Crippen LogP contribution in [-0.4, -0.2) is 24.6 Å². The molecule has 0 aliphatic carbocycles. The molecule has 0 rings (SSSR count). The second-order valence-electron chi connectivity index (χ2n) is 1.00. The van der Waals surface area contributed by atoms with E-state index in [4.69, 9.17) is 60.0 Å². The van der Waals surface area contributed by atoms with Crippen LogP contribution in [0.1, 0.15) is 0 Å². The largest absolute Gasteiger partial charge is 3.00 e. The number of carboxylic acid groups (broad SMARTS) is 8. The molecule has 0 spiro atoms. The zero-order valence-electron chi connectivity index (χ0n) is 10.1. The van der Waals surface area contributed by atoms with Crippen LogP contribution in [0.4, 0.5) is 19.2 Å². The Balaban J connectivity index is -0.0000000150. The molecule has 16 heteroatoms. The molecule has 8 N–H and O–H groups in total. The van der Waals surface area contributed by atoms with Gasteiger partial charge in [-0.25, -0.2) is 0 Å². The SMILES string of the molecule is O=C([O-])[O-].O=C([O-])[O-].O=C([O-])[O-].O=C([O-])[O-].[NH4+].[NH4+].[Sc+3].[Sc+3]. The molecule has 0 bridgehead atoms. The third-order valence-electron chi connectivity index (χ3n) is 0. The molecular weight excluding hydrogens is 358 g/mol. The predicted molar refractivity (Wildman–Crippen MR) is 33.6 cm³/mol. The van der Waals surface area contributed by atoms with Gasteiger partial charge in [-0.2, -0.15) is 0 Å². The second-order valence-corrected chi connectivity index (χ2v) is 1.00. The molecule has 0 aromatic heterocycles. The standard InChI is InChI=1S/4CH2O3.2H3N.2Sc/c4*2-1(3)4;;;;/h4*(H2,2,3,4);2*1H3;;/q;;;;;;2*+3/p-6. The molecule has 0 fully saturated rings. The van der Waals surface area contributed by atoms with Crippen molar-refractivity contribution in [2.75, 3.05) is 0 Å². The van der Waals surface area contributed by atoms with E-state index in [1.807, 2.05) is 0 Å². The van der Waals surface area contributed by atoms with E-state index >= 15 is 0 Å². The molecule has 14 nitrogen and oxygen atoms in total. The smallest absolute Gasteiger partial charge is 0.652 e. The Morgan fingerprint density at radius 3 is 0.400 bits per heavy atom. The second kappa shape index (κ2) is 43.1. The van der Waals surface area contributed by atoms with E-state index in [1.54, 1.807) is 0 Å². The molecule has 20 heavy (non-hydrogen) atoms. The molecule has 0 radical (unpaired) electrons. The number of rotatable bonds is 0. The fraction of sp³-hybridized carbons (Fsp3) is 0. The fourth-order valence-electron chi connectivity index (χ4n) is 0. The van der Waals surface area contributed by atoms with Gasteiger partial charge in [-0.05, 0) is 24.6 Å². The van der Waals surface area contributed by atoms with E-state index in [0.717, 1.165) is 0 Å². The van der Waals surface area contributed by atoms with Crippen molar-refractivity contribution in [3.05, 3.63) is 0 Å². The summed E-state index contributed by atoms with van der Waals surface area (Å²) < 4.78 is 0. The van der Waals surface area contributed by atoms with Gasteiger partial charge in [0.15, 0.2) is 0 Å². The van der Waals surface area contributed by atoms with Gasteiger partial charge in [0.25, 0.3) is 0 Å². The van der Waals surface area contributed by atoms with E-state index in [-0.39, 0.29) is 64.0 Å². The van der Waals surface area contributed by atoms with Crippen LogP contribution in [-0.2, 0) is 51.7 Å². The zero-order valence-corrected chi connectivity index (χ0v) is 13.7. The van der Waals surface area contributed by atoms with Gasteiger partial charge in [0, 0.05) is 0 Å². The van der Waals surface area contributed by atoms with Crippen molar-refractivity contribution in [1.29, 1.82) is 0 Å². The van der Waals surface area contributed by atoms with Gasteiger partial charge in [0.2, 0.25) is 0 Å². The molecule has 0 aromatic rings. The van der Waals surface area contributed by atoms with Crippen molar-refractivity contribution in [3.8, 4) is 0 Å². The first-order valence-electron chi connectivity index (χ1n) is 2.45. The minimum Gasteiger partial charge on any atom is -0.652 e. The van der Waals surface area contributed by atoms with Crippen molar-refractivity contribution >= 4 is 24.6 Å². The van der Waals surface area contributed by atoms with Crippen LogP contribution in [0, 0.1) is 0 Å². The molecular formula is C4H8N2O12Sc2. The van der Waals surface area contributed by atoms with Gasteiger partial charge >= 0.3 is 51.7 Å². The van der Waals surface area contributed by atoms with Crippen molar-refractivity contribution < 1.29 is 112 Å². The summed E-state index contributed by atoms with van der Waals surface area (Å²) in [4.78, 5) is 33.3. The summed E-state index contributed by atoms with van der Waals surface area (Å²) >= 11 is 0. The maximum Gasteiger partial charge on any atom is 3.00 e. The van der Waals surface area contributed by atoms with Crippen LogP contribution in [0.25, 0.3) is 0 Å². The first-order chi connectivity index (χ1) is 6.93. The Bertz CT molecular complexity index is 171. The van der Waals surface area contributed by atoms with Gasteiger partial charge < -0.3 is 72.3 Å². The van der Waals surface area contributed by atoms with Gasteiger partial charge in [0.1, 0.15) is 0 Å². The summed E-state index contributed by atoms with van der Waals surface area (Å²) in [6.45, 7) is 0. The van der Waals surface area contributed by atoms with Gasteiger partial charge in [-0.3, -0.25) is 0 Å². The quantitative estimate of drug-likeness (QED) is 0.403. The average Bonchev–Trinajstić information content (AvgIpc) is 1.76. The number of hydrogen-bond donors (Lipinski definition) is 2. The Labute approximate surface area is 148 Å². The zero-order chi connectivity index (χ0) is 14.3. The van der Waals surface area contributed by atoms with E-state index in [2.05, 4.69) is 0 Å². The monoisotopic (exact) mass is 366 g/mol. The molecule has 0 unspecified atom stereocenters. The maximum atomic E-state index is 8.33. The molecule has 0 heterocycles. The molecule has 0 aliphatic rings. The van der Waals surface area contributed by atoms with Crippen molar-refractivity contribution in [1.82, 2.24) is 12.3 Å². The first-order valence-corrected chi connectivity index (χ1v) is 2.45. The minimum atomic E-state index is -2.33. The molecule has 0 saturated heterocycles. The number of carbonyl (C=O) groups excluding carboxylic acids is 4. The van der Waals surface area contributed by atoms with Crippen molar-refractivity contribution in [2.24, 2.45) is 0 Å². The Morgan fingerprint density at radius 2 is 0.400 bits per heavy atom. The fourth-order valence-corrected chi connectivity index (χ4v) is 0. The molecule has 0 aromatic carbocycles. The molecule has 0 amide bonds. The number of hydrogen-bond acceptors (Lipinski definition) is 12. The first kappa shape index (κ1) is 51.1. The van der Waals surface area contributed by atoms with E-state index in [9.17, 15) is 0 Å². The van der Waals surface area contributed by atoms with E-state index < -0.39 is 24.6 Å². The predicted octanol–water partition coefficient (Wildman–Crippen LogP) is -9.04. The van der Waals surface area contributed by atoms with Crippen LogP contribution >= 0.6 is 0 Å². The summed E-state index contributed by atoms with van der Waals surface area (Å²) in [5, 5.41) is 66.7. The third-order valence-corrected chi connectivity index (χ3v) is 0. The van der Waals surface area contributed by atoms with Crippen molar-refractivity contribution in [3.63, 3.8) is 0 Å². The van der Waals surface area contributed by atoms with Gasteiger partial charge in [-0.15, -0.1) is 0 Å². The van der Waals surface area contributed by atoms with Crippen LogP contribution in [0.5, 0.6) is 0 Å². The Morgan fingerprint density at radius 1 is 0.400 bits per heavy atom. The summed E-state index contributed by atoms with van der Waals surface area (Å²) in [6.07, 6.45) is -9.33. The molecule has 0 saturated carbocycles. The molecule has 0 atom stereocenters. The van der Waals surface area contributed by atoms with Crippen LogP contribution in [0.15, 0.2) is 0 Å². The maximum absolute atomic E-state index is 8.33. The van der Waals surface area contributed by atoms with Crippen LogP contribution in [0.3, 0.4) is 0 Å². The summed E-state index contributed by atoms with van der Waals surface area (Å²) in [6, 6.07) is 0. The molecule has 0 aliphatic heterocycles. The van der Waals surface area contributed by atoms with Crippen LogP contribution < -0.4 is 53.2 Å². The van der Waals surface area contributed by atoms with Crippen molar-refractivity contribution in [2.45, 2.75) is 0 Å². The molecule has 112 valence electrons. The summed E-state index contributed by atoms with van der Waals surface area (Å²) in [5.74, 6) is 0. The summed E-state index contributed by atoms with van der Waals surface area (Å²) in [5.41, 5.74) is 0. The average molecular weight is 366 g/mol. The summed E-state index contributed by atoms with van der Waals surface area (Å²) in [7, 11) is 0. The van der Waals surface area contributed by atoms with E-state index in [1.165, 1.54) is 0 Å². The normalized spacial score (nSPS) is 4.80. The number of carbonyl (C=O) groups is 4. The van der Waals surface area contributed by atoms with Gasteiger partial charge in [-0.1, -0.05) is 0 Å². The third kappa shape index (κ3) is 2610. The van der Waals surface area contributed by atoms with Crippen LogP contribution in [0.2, 0.25) is 0 Å².